The molecule has 0 radical (unpaired) electrons. The molecule has 44 heavy (non-hydrogen) atoms. The van der Waals surface area contributed by atoms with E-state index in [1.165, 1.54) is 15.9 Å². The minimum atomic E-state index is -1.20. The van der Waals surface area contributed by atoms with Crippen LogP contribution in [0.25, 0.3) is 10.9 Å². The normalized spacial score (nSPS) is 16.5. The molecule has 2 N–H and O–H groups in total. The Morgan fingerprint density at radius 2 is 1.68 bits per heavy atom. The van der Waals surface area contributed by atoms with E-state index in [9.17, 15) is 29.1 Å². The summed E-state index contributed by atoms with van der Waals surface area (Å²) in [5.74, 6) is -2.60. The molecule has 0 spiro atoms. The molecule has 1 aromatic heterocycles. The average molecular weight is 633 g/mol. The summed E-state index contributed by atoms with van der Waals surface area (Å²) in [5.41, 5.74) is -0.225. The van der Waals surface area contributed by atoms with Crippen LogP contribution in [0.3, 0.4) is 0 Å². The van der Waals surface area contributed by atoms with Crippen molar-refractivity contribution in [1.82, 2.24) is 20.1 Å². The minimum Gasteiger partial charge on any atom is -0.481 e. The highest BCUT2D eigenvalue weighted by Gasteiger charge is 2.48. The number of aliphatic carboxylic acids is 1. The fraction of sp³-hybridized carbons (Fsp3) is 0.533. The Kier molecular flexibility index (Phi) is 10.5. The van der Waals surface area contributed by atoms with Crippen molar-refractivity contribution in [2.75, 3.05) is 39.4 Å². The molecule has 1 atom stereocenters. The Bertz CT molecular complexity index is 1440. The Labute approximate surface area is 259 Å². The monoisotopic (exact) mass is 632 g/mol. The van der Waals surface area contributed by atoms with Gasteiger partial charge in [0.15, 0.2) is 0 Å². The second-order valence-corrected chi connectivity index (χ2v) is 11.2. The average Bonchev–Trinajstić information content (AvgIpc) is 2.97. The summed E-state index contributed by atoms with van der Waals surface area (Å²) >= 11 is 6.37. The van der Waals surface area contributed by atoms with Crippen molar-refractivity contribution in [1.29, 1.82) is 0 Å². The van der Waals surface area contributed by atoms with Crippen LogP contribution < -0.4 is 10.1 Å². The summed E-state index contributed by atoms with van der Waals surface area (Å²) in [6.45, 7) is 6.49. The number of fused-ring (bicyclic) bond motifs is 1. The van der Waals surface area contributed by atoms with E-state index in [-0.39, 0.29) is 63.7 Å². The SMILES string of the molecule is CCOC(=O)N1CCN(C(=O)C(CCC(=O)O)NC(=O)c2cc(OC3(C(=O)OCC)CCC3)c3cc(C)c(Cl)cc3n2)CC1. The number of ether oxygens (including phenoxy) is 3. The van der Waals surface area contributed by atoms with Crippen molar-refractivity contribution >= 4 is 52.4 Å². The lowest BCUT2D eigenvalue weighted by Crippen LogP contribution is -2.56. The number of esters is 1. The first-order valence-electron chi connectivity index (χ1n) is 14.7. The van der Waals surface area contributed by atoms with Crippen LogP contribution in [-0.4, -0.2) is 101 Å². The molecule has 1 aliphatic carbocycles. The molecule has 238 valence electrons. The molecule has 1 unspecified atom stereocenters. The Hall–Kier alpha value is -4.13. The van der Waals surface area contributed by atoms with Gasteiger partial charge in [-0.1, -0.05) is 11.6 Å². The first-order valence-corrected chi connectivity index (χ1v) is 15.1. The number of carbonyl (C=O) groups is 5. The standard InChI is InChI=1S/C30H37ClN4O9/c1-4-42-28(40)30(9-6-10-30)44-24-17-23(32-22-16-20(31)18(3)15-19(22)24)26(38)33-21(7-8-25(36)37)27(39)34-11-13-35(14-12-34)29(41)43-5-2/h15-17,21H,4-14H2,1-3H3,(H,33,38)(H,36,37). The van der Waals surface area contributed by atoms with Crippen molar-refractivity contribution in [2.24, 2.45) is 0 Å². The lowest BCUT2D eigenvalue weighted by molar-refractivity contribution is -0.169. The first-order chi connectivity index (χ1) is 21.0. The molecule has 1 aromatic carbocycles. The summed E-state index contributed by atoms with van der Waals surface area (Å²) in [4.78, 5) is 70.8. The molecule has 2 heterocycles. The van der Waals surface area contributed by atoms with E-state index in [2.05, 4.69) is 10.3 Å². The zero-order valence-corrected chi connectivity index (χ0v) is 25.8. The quantitative estimate of drug-likeness (QED) is 0.351. The van der Waals surface area contributed by atoms with Gasteiger partial charge in [0.05, 0.1) is 18.7 Å². The largest absolute Gasteiger partial charge is 0.481 e. The van der Waals surface area contributed by atoms with Gasteiger partial charge >= 0.3 is 18.0 Å². The van der Waals surface area contributed by atoms with Crippen LogP contribution in [0.4, 0.5) is 4.79 Å². The third-order valence-corrected chi connectivity index (χ3v) is 8.17. The zero-order chi connectivity index (χ0) is 32.0. The molecule has 1 saturated carbocycles. The minimum absolute atomic E-state index is 0.106. The number of hydrogen-bond acceptors (Lipinski definition) is 9. The van der Waals surface area contributed by atoms with Crippen molar-refractivity contribution in [3.8, 4) is 5.75 Å². The molecule has 1 saturated heterocycles. The molecule has 1 aliphatic heterocycles. The van der Waals surface area contributed by atoms with Crippen LogP contribution in [0.5, 0.6) is 5.75 Å². The summed E-state index contributed by atoms with van der Waals surface area (Å²) < 4.78 is 16.6. The second-order valence-electron chi connectivity index (χ2n) is 10.8. The highest BCUT2D eigenvalue weighted by atomic mass is 35.5. The van der Waals surface area contributed by atoms with Gasteiger partial charge in [-0.2, -0.15) is 0 Å². The van der Waals surface area contributed by atoms with Crippen LogP contribution >= 0.6 is 11.6 Å². The van der Waals surface area contributed by atoms with Crippen molar-refractivity contribution < 1.29 is 43.3 Å². The van der Waals surface area contributed by atoms with E-state index < -0.39 is 41.5 Å². The number of carboxylic acids is 1. The lowest BCUT2D eigenvalue weighted by Gasteiger charge is -2.39. The van der Waals surface area contributed by atoms with Gasteiger partial charge in [0.25, 0.3) is 5.91 Å². The van der Waals surface area contributed by atoms with E-state index in [0.717, 1.165) is 12.0 Å². The maximum atomic E-state index is 13.6. The number of amides is 3. The first kappa shape index (κ1) is 32.8. The third kappa shape index (κ3) is 7.32. The fourth-order valence-electron chi connectivity index (χ4n) is 5.15. The van der Waals surface area contributed by atoms with E-state index in [4.69, 9.17) is 25.8 Å². The molecule has 0 bridgehead atoms. The van der Waals surface area contributed by atoms with E-state index in [1.54, 1.807) is 26.0 Å². The molecular formula is C30H37ClN4O9. The van der Waals surface area contributed by atoms with E-state index >= 15 is 0 Å². The Morgan fingerprint density at radius 3 is 2.27 bits per heavy atom. The van der Waals surface area contributed by atoms with Gasteiger partial charge in [-0.3, -0.25) is 14.4 Å². The van der Waals surface area contributed by atoms with Gasteiger partial charge in [-0.25, -0.2) is 14.6 Å². The van der Waals surface area contributed by atoms with Gasteiger partial charge in [0.2, 0.25) is 11.5 Å². The van der Waals surface area contributed by atoms with Crippen LogP contribution in [0.1, 0.15) is 62.0 Å². The maximum Gasteiger partial charge on any atom is 0.409 e. The molecule has 2 aliphatic rings. The van der Waals surface area contributed by atoms with Gasteiger partial charge in [-0.15, -0.1) is 0 Å². The summed E-state index contributed by atoms with van der Waals surface area (Å²) in [5, 5.41) is 12.9. The predicted molar refractivity (Wildman–Crippen MR) is 159 cm³/mol. The number of nitrogens with one attached hydrogen (secondary N) is 1. The van der Waals surface area contributed by atoms with Gasteiger partial charge in [-0.05, 0) is 64.2 Å². The number of carboxylic acid groups (broad SMARTS) is 1. The molecule has 3 amide bonds. The van der Waals surface area contributed by atoms with Gasteiger partial charge < -0.3 is 34.4 Å². The number of nitrogens with zero attached hydrogens (tertiary/aromatic N) is 3. The highest BCUT2D eigenvalue weighted by Crippen LogP contribution is 2.41. The number of aromatic nitrogens is 1. The number of aryl methyl sites for hydroxylation is 1. The van der Waals surface area contributed by atoms with Crippen molar-refractivity contribution in [3.63, 3.8) is 0 Å². The predicted octanol–water partition coefficient (Wildman–Crippen LogP) is 3.33. The number of pyridine rings is 1. The number of piperazine rings is 1. The van der Waals surface area contributed by atoms with Crippen LogP contribution in [0.15, 0.2) is 18.2 Å². The summed E-state index contributed by atoms with van der Waals surface area (Å²) in [7, 11) is 0. The summed E-state index contributed by atoms with van der Waals surface area (Å²) in [6, 6.07) is 3.58. The van der Waals surface area contributed by atoms with Crippen LogP contribution in [0.2, 0.25) is 5.02 Å². The second kappa shape index (κ2) is 14.1. The molecule has 13 nitrogen and oxygen atoms in total. The van der Waals surface area contributed by atoms with E-state index in [0.29, 0.717) is 28.8 Å². The maximum absolute atomic E-state index is 13.6. The lowest BCUT2D eigenvalue weighted by atomic mass is 9.80. The third-order valence-electron chi connectivity index (χ3n) is 7.77. The number of carbonyl (C=O) groups excluding carboxylic acids is 4. The molecular weight excluding hydrogens is 596 g/mol. The van der Waals surface area contributed by atoms with Crippen molar-refractivity contribution in [2.45, 2.75) is 64.5 Å². The topological polar surface area (TPSA) is 165 Å². The molecule has 2 fully saturated rings. The molecule has 14 heteroatoms. The van der Waals surface area contributed by atoms with Crippen LogP contribution in [-0.2, 0) is 23.9 Å². The summed E-state index contributed by atoms with van der Waals surface area (Å²) in [6.07, 6.45) is 0.652. The number of benzene rings is 1. The zero-order valence-electron chi connectivity index (χ0n) is 25.0. The van der Waals surface area contributed by atoms with Crippen molar-refractivity contribution in [3.05, 3.63) is 34.5 Å². The number of rotatable bonds is 11. The van der Waals surface area contributed by atoms with Crippen LogP contribution in [0, 0.1) is 6.92 Å². The Morgan fingerprint density at radius 1 is 1.02 bits per heavy atom. The highest BCUT2D eigenvalue weighted by molar-refractivity contribution is 6.32. The number of halogens is 1. The van der Waals surface area contributed by atoms with E-state index in [1.807, 2.05) is 6.92 Å². The molecule has 2 aromatic rings. The smallest absolute Gasteiger partial charge is 0.409 e. The van der Waals surface area contributed by atoms with Gasteiger partial charge in [0.1, 0.15) is 17.5 Å². The number of hydrogen-bond donors (Lipinski definition) is 2. The fourth-order valence-corrected chi connectivity index (χ4v) is 5.30. The van der Waals surface area contributed by atoms with Gasteiger partial charge in [0, 0.05) is 49.1 Å². The Balaban J connectivity index is 1.60. The molecule has 4 rings (SSSR count).